The fourth-order valence-corrected chi connectivity index (χ4v) is 3.04. The summed E-state index contributed by atoms with van der Waals surface area (Å²) >= 11 is 0. The third-order valence-corrected chi connectivity index (χ3v) is 4.48. The van der Waals surface area contributed by atoms with Gasteiger partial charge in [-0.2, -0.15) is 0 Å². The molecular formula is C17H24BF2N3O4. The number of aromatic nitrogens is 1. The summed E-state index contributed by atoms with van der Waals surface area (Å²) in [6.07, 6.45) is 1.61. The molecule has 1 unspecified atom stereocenters. The Bertz CT molecular complexity index is 690. The number of rotatable bonds is 9. The number of amides is 1. The van der Waals surface area contributed by atoms with Gasteiger partial charge in [0, 0.05) is 25.5 Å². The van der Waals surface area contributed by atoms with Crippen LogP contribution in [0.3, 0.4) is 0 Å². The molecule has 0 saturated carbocycles. The lowest BCUT2D eigenvalue weighted by Gasteiger charge is -2.40. The van der Waals surface area contributed by atoms with Crippen LogP contribution in [0.5, 0.6) is 0 Å². The van der Waals surface area contributed by atoms with E-state index in [1.54, 1.807) is 0 Å². The first-order chi connectivity index (χ1) is 12.7. The van der Waals surface area contributed by atoms with Gasteiger partial charge in [0.15, 0.2) is 17.4 Å². The Labute approximate surface area is 156 Å². The smallest absolute Gasteiger partial charge is 0.426 e. The minimum Gasteiger partial charge on any atom is -0.426 e. The Morgan fingerprint density at radius 1 is 1.37 bits per heavy atom. The number of nitrogens with zero attached hydrogens (tertiary/aromatic N) is 2. The molecule has 1 saturated heterocycles. The number of hydrogen-bond donors (Lipinski definition) is 3. The van der Waals surface area contributed by atoms with E-state index in [1.807, 2.05) is 13.8 Å². The predicted molar refractivity (Wildman–Crippen MR) is 95.7 cm³/mol. The number of nitrogens with one attached hydrogen (secondary N) is 1. The second kappa shape index (κ2) is 9.23. The van der Waals surface area contributed by atoms with Crippen LogP contribution in [-0.4, -0.2) is 52.4 Å². The second-order valence-corrected chi connectivity index (χ2v) is 7.14. The summed E-state index contributed by atoms with van der Waals surface area (Å²) in [5.74, 6) is -3.06. The van der Waals surface area contributed by atoms with Gasteiger partial charge in [-0.25, -0.2) is 13.8 Å². The van der Waals surface area contributed by atoms with Crippen molar-refractivity contribution in [1.29, 1.82) is 0 Å². The third kappa shape index (κ3) is 5.70. The molecule has 1 aliphatic rings. The molecular weight excluding hydrogens is 359 g/mol. The summed E-state index contributed by atoms with van der Waals surface area (Å²) in [6.45, 7) is 4.20. The molecule has 3 N–H and O–H groups in total. The average Bonchev–Trinajstić information content (AvgIpc) is 2.53. The lowest BCUT2D eigenvalue weighted by Crippen LogP contribution is -2.53. The normalized spacial score (nSPS) is 17.4. The van der Waals surface area contributed by atoms with Crippen LogP contribution in [0, 0.1) is 17.6 Å². The Kier molecular flexibility index (Phi) is 7.26. The summed E-state index contributed by atoms with van der Waals surface area (Å²) in [7, 11) is -1.68. The molecule has 0 radical (unpaired) electrons. The summed E-state index contributed by atoms with van der Waals surface area (Å²) < 4.78 is 26.8. The Morgan fingerprint density at radius 2 is 2.07 bits per heavy atom. The minimum absolute atomic E-state index is 0.0638. The summed E-state index contributed by atoms with van der Waals surface area (Å²) in [4.78, 5) is 29.5. The Morgan fingerprint density at radius 3 is 2.59 bits per heavy atom. The molecule has 27 heavy (non-hydrogen) atoms. The number of carbonyl (C=O) groups is 2. The number of pyridine rings is 1. The number of carbonyl (C=O) groups excluding carboxylic acids is 2. The van der Waals surface area contributed by atoms with Crippen molar-refractivity contribution >= 4 is 24.6 Å². The van der Waals surface area contributed by atoms with E-state index in [0.717, 1.165) is 6.20 Å². The van der Waals surface area contributed by atoms with Crippen molar-refractivity contribution in [2.75, 3.05) is 11.4 Å². The van der Waals surface area contributed by atoms with Crippen LogP contribution in [0.1, 0.15) is 39.5 Å². The molecule has 1 aliphatic heterocycles. The fraction of sp³-hybridized carbons (Fsp3) is 0.588. The van der Waals surface area contributed by atoms with E-state index in [2.05, 4.69) is 10.3 Å². The molecule has 10 heteroatoms. The van der Waals surface area contributed by atoms with Gasteiger partial charge < -0.3 is 20.3 Å². The molecule has 0 aromatic carbocycles. The van der Waals surface area contributed by atoms with Crippen LogP contribution < -0.4 is 10.2 Å². The van der Waals surface area contributed by atoms with Crippen LogP contribution in [0.15, 0.2) is 12.3 Å². The monoisotopic (exact) mass is 383 g/mol. The van der Waals surface area contributed by atoms with Gasteiger partial charge in [0.2, 0.25) is 5.91 Å². The highest BCUT2D eigenvalue weighted by molar-refractivity contribution is 6.43. The van der Waals surface area contributed by atoms with Crippen molar-refractivity contribution in [2.24, 2.45) is 5.92 Å². The fourth-order valence-electron chi connectivity index (χ4n) is 3.04. The molecule has 2 heterocycles. The predicted octanol–water partition coefficient (Wildman–Crippen LogP) is 0.831. The number of halogens is 2. The van der Waals surface area contributed by atoms with E-state index >= 15 is 0 Å². The zero-order valence-electron chi connectivity index (χ0n) is 15.4. The zero-order valence-corrected chi connectivity index (χ0v) is 15.4. The lowest BCUT2D eigenvalue weighted by atomic mass is 9.75. The molecule has 1 amide bonds. The van der Waals surface area contributed by atoms with E-state index in [1.165, 1.54) is 4.90 Å². The van der Waals surface area contributed by atoms with Gasteiger partial charge >= 0.3 is 7.12 Å². The largest absolute Gasteiger partial charge is 0.475 e. The molecule has 0 aliphatic carbocycles. The molecule has 0 spiro atoms. The van der Waals surface area contributed by atoms with Crippen LogP contribution in [0.2, 0.25) is 0 Å². The van der Waals surface area contributed by atoms with E-state index < -0.39 is 36.6 Å². The number of ketones is 1. The second-order valence-electron chi connectivity index (χ2n) is 7.14. The van der Waals surface area contributed by atoms with Gasteiger partial charge in [0.1, 0.15) is 5.82 Å². The van der Waals surface area contributed by atoms with Crippen molar-refractivity contribution < 1.29 is 28.4 Å². The van der Waals surface area contributed by atoms with Gasteiger partial charge in [-0.3, -0.25) is 9.59 Å². The van der Waals surface area contributed by atoms with Gasteiger partial charge in [0.25, 0.3) is 0 Å². The Balaban J connectivity index is 1.87. The van der Waals surface area contributed by atoms with Crippen molar-refractivity contribution in [3.63, 3.8) is 0 Å². The minimum atomic E-state index is -1.68. The van der Waals surface area contributed by atoms with Crippen LogP contribution in [0.4, 0.5) is 14.6 Å². The number of anilines is 1. The first-order valence-electron chi connectivity index (χ1n) is 8.95. The zero-order chi connectivity index (χ0) is 20.1. The molecule has 1 aromatic rings. The molecule has 7 nitrogen and oxygen atoms in total. The highest BCUT2D eigenvalue weighted by atomic mass is 19.1. The standard InChI is InChI=1S/C17H24BF2N3O4/c1-10(2)7-15(18(26)27)22-16(25)4-3-14(24)13-5-6-23(13)17-12(20)8-11(19)9-21-17/h8-10,13,15,26-27H,3-7H2,1-2H3,(H,22,25)/t13-,15?/m0/s1. The molecule has 148 valence electrons. The first-order valence-corrected chi connectivity index (χ1v) is 8.95. The van der Waals surface area contributed by atoms with Crippen molar-refractivity contribution in [1.82, 2.24) is 10.3 Å². The Hall–Kier alpha value is -2.07. The maximum atomic E-state index is 13.8. The summed E-state index contributed by atoms with van der Waals surface area (Å²) in [5, 5.41) is 21.2. The maximum absolute atomic E-state index is 13.8. The molecule has 1 aromatic heterocycles. The quantitative estimate of drug-likeness (QED) is 0.546. The highest BCUT2D eigenvalue weighted by Gasteiger charge is 2.36. The molecule has 1 fully saturated rings. The summed E-state index contributed by atoms with van der Waals surface area (Å²) in [6, 6.07) is 0.116. The summed E-state index contributed by atoms with van der Waals surface area (Å²) in [5.41, 5.74) is 0. The van der Waals surface area contributed by atoms with Crippen molar-refractivity contribution in [2.45, 2.75) is 51.5 Å². The maximum Gasteiger partial charge on any atom is 0.475 e. The van der Waals surface area contributed by atoms with Gasteiger partial charge in [-0.05, 0) is 18.8 Å². The van der Waals surface area contributed by atoms with Crippen LogP contribution in [0.25, 0.3) is 0 Å². The van der Waals surface area contributed by atoms with E-state index in [0.29, 0.717) is 25.5 Å². The average molecular weight is 383 g/mol. The van der Waals surface area contributed by atoms with Gasteiger partial charge in [-0.1, -0.05) is 13.8 Å². The lowest BCUT2D eigenvalue weighted by molar-refractivity contribution is -0.126. The van der Waals surface area contributed by atoms with E-state index in [-0.39, 0.29) is 30.4 Å². The topological polar surface area (TPSA) is 103 Å². The SMILES string of the molecule is CC(C)CC(NC(=O)CCC(=O)[C@@H]1CCN1c1ncc(F)cc1F)B(O)O. The van der Waals surface area contributed by atoms with Crippen LogP contribution in [-0.2, 0) is 9.59 Å². The van der Waals surface area contributed by atoms with Crippen molar-refractivity contribution in [3.05, 3.63) is 23.9 Å². The molecule has 0 bridgehead atoms. The number of hydrogen-bond acceptors (Lipinski definition) is 6. The highest BCUT2D eigenvalue weighted by Crippen LogP contribution is 2.28. The molecule has 2 atom stereocenters. The van der Waals surface area contributed by atoms with E-state index in [4.69, 9.17) is 0 Å². The number of Topliss-reactive ketones (excluding diaryl/α,β-unsaturated/α-hetero) is 1. The first kappa shape index (κ1) is 21.2. The van der Waals surface area contributed by atoms with Gasteiger partial charge in [0.05, 0.1) is 18.2 Å². The van der Waals surface area contributed by atoms with E-state index in [9.17, 15) is 28.4 Å². The third-order valence-electron chi connectivity index (χ3n) is 4.48. The van der Waals surface area contributed by atoms with Crippen LogP contribution >= 0.6 is 0 Å². The molecule has 2 rings (SSSR count). The van der Waals surface area contributed by atoms with Crippen molar-refractivity contribution in [3.8, 4) is 0 Å². The van der Waals surface area contributed by atoms with Gasteiger partial charge in [-0.15, -0.1) is 0 Å².